The number of aromatic hydroxyl groups is 1. The van der Waals surface area contributed by atoms with Crippen LogP contribution in [0.5, 0.6) is 17.2 Å². The minimum atomic E-state index is -0.0336. The minimum absolute atomic E-state index is 0.0336. The van der Waals surface area contributed by atoms with Crippen LogP contribution in [0.3, 0.4) is 0 Å². The van der Waals surface area contributed by atoms with Crippen LogP contribution in [-0.4, -0.2) is 30.8 Å². The van der Waals surface area contributed by atoms with Crippen molar-refractivity contribution >= 4 is 22.2 Å². The topological polar surface area (TPSA) is 59.0 Å². The smallest absolute Gasteiger partial charge is 0.231 e. The summed E-state index contributed by atoms with van der Waals surface area (Å²) in [6.07, 6.45) is 1.87. The van der Waals surface area contributed by atoms with Gasteiger partial charge in [-0.15, -0.1) is 0 Å². The van der Waals surface area contributed by atoms with E-state index in [1.165, 1.54) is 0 Å². The van der Waals surface area contributed by atoms with Crippen molar-refractivity contribution in [3.63, 3.8) is 0 Å². The summed E-state index contributed by atoms with van der Waals surface area (Å²) in [5.41, 5.74) is 1.80. The normalized spacial score (nSPS) is 18.4. The van der Waals surface area contributed by atoms with Crippen molar-refractivity contribution in [3.8, 4) is 17.2 Å². The van der Waals surface area contributed by atoms with Gasteiger partial charge >= 0.3 is 0 Å². The maximum atomic E-state index is 13.2. The highest BCUT2D eigenvalue weighted by atomic mass is 16.7. The summed E-state index contributed by atoms with van der Waals surface area (Å²) in [4.78, 5) is 15.4. The van der Waals surface area contributed by atoms with Crippen LogP contribution < -0.4 is 14.4 Å². The maximum Gasteiger partial charge on any atom is 0.231 e. The molecule has 3 aromatic carbocycles. The average Bonchev–Trinajstić information content (AvgIpc) is 3.21. The fourth-order valence-corrected chi connectivity index (χ4v) is 4.13. The Labute approximate surface area is 163 Å². The molecule has 5 nitrogen and oxygen atoms in total. The van der Waals surface area contributed by atoms with Gasteiger partial charge in [-0.25, -0.2) is 0 Å². The third kappa shape index (κ3) is 3.03. The van der Waals surface area contributed by atoms with Crippen molar-refractivity contribution in [1.82, 2.24) is 0 Å². The SMILES string of the molecule is O=C(c1ccc2cc(O)ccc2c1)C1CCCN(c2ccc3c(c2)OCO3)C1. The van der Waals surface area contributed by atoms with E-state index in [0.29, 0.717) is 6.54 Å². The highest BCUT2D eigenvalue weighted by molar-refractivity contribution is 6.01. The zero-order valence-electron chi connectivity index (χ0n) is 15.4. The number of benzene rings is 3. The minimum Gasteiger partial charge on any atom is -0.508 e. The van der Waals surface area contributed by atoms with Gasteiger partial charge in [-0.05, 0) is 53.9 Å². The number of nitrogens with zero attached hydrogens (tertiary/aromatic N) is 1. The number of hydrogen-bond acceptors (Lipinski definition) is 5. The molecule has 1 unspecified atom stereocenters. The number of piperidine rings is 1. The van der Waals surface area contributed by atoms with Gasteiger partial charge < -0.3 is 19.5 Å². The molecular weight excluding hydrogens is 354 g/mol. The van der Waals surface area contributed by atoms with Crippen LogP contribution in [0.1, 0.15) is 23.2 Å². The molecular formula is C23H21NO4. The molecule has 1 N–H and O–H groups in total. The van der Waals surface area contributed by atoms with E-state index in [1.54, 1.807) is 12.1 Å². The molecule has 0 saturated carbocycles. The summed E-state index contributed by atoms with van der Waals surface area (Å²) in [7, 11) is 0. The first kappa shape index (κ1) is 16.9. The lowest BCUT2D eigenvalue weighted by atomic mass is 9.89. The van der Waals surface area contributed by atoms with Crippen LogP contribution in [0.4, 0.5) is 5.69 Å². The Morgan fingerprint density at radius 2 is 1.79 bits per heavy atom. The van der Waals surface area contributed by atoms with Gasteiger partial charge in [0.1, 0.15) is 5.75 Å². The van der Waals surface area contributed by atoms with Crippen molar-refractivity contribution in [2.75, 3.05) is 24.8 Å². The molecule has 1 saturated heterocycles. The van der Waals surface area contributed by atoms with Gasteiger partial charge in [0.15, 0.2) is 17.3 Å². The third-order valence-electron chi connectivity index (χ3n) is 5.62. The number of fused-ring (bicyclic) bond motifs is 2. The molecule has 5 rings (SSSR count). The highest BCUT2D eigenvalue weighted by Gasteiger charge is 2.28. The summed E-state index contributed by atoms with van der Waals surface area (Å²) < 4.78 is 10.9. The second-order valence-corrected chi connectivity index (χ2v) is 7.43. The predicted molar refractivity (Wildman–Crippen MR) is 107 cm³/mol. The Morgan fingerprint density at radius 1 is 0.964 bits per heavy atom. The Kier molecular flexibility index (Phi) is 4.08. The monoisotopic (exact) mass is 375 g/mol. The van der Waals surface area contributed by atoms with Crippen molar-refractivity contribution < 1.29 is 19.4 Å². The van der Waals surface area contributed by atoms with Crippen molar-refractivity contribution in [3.05, 3.63) is 60.2 Å². The molecule has 142 valence electrons. The van der Waals surface area contributed by atoms with Crippen LogP contribution in [0, 0.1) is 5.92 Å². The van der Waals surface area contributed by atoms with Crippen molar-refractivity contribution in [2.45, 2.75) is 12.8 Å². The zero-order valence-corrected chi connectivity index (χ0v) is 15.4. The Hall–Kier alpha value is -3.21. The summed E-state index contributed by atoms with van der Waals surface area (Å²) in [6.45, 7) is 1.89. The number of ether oxygens (including phenoxy) is 2. The quantitative estimate of drug-likeness (QED) is 0.689. The molecule has 3 aromatic rings. The average molecular weight is 375 g/mol. The maximum absolute atomic E-state index is 13.2. The molecule has 0 aliphatic carbocycles. The van der Waals surface area contributed by atoms with Crippen LogP contribution >= 0.6 is 0 Å². The predicted octanol–water partition coefficient (Wildman–Crippen LogP) is 4.37. The van der Waals surface area contributed by atoms with E-state index >= 15 is 0 Å². The molecule has 0 spiro atoms. The van der Waals surface area contributed by atoms with E-state index in [4.69, 9.17) is 9.47 Å². The van der Waals surface area contributed by atoms with E-state index in [-0.39, 0.29) is 24.2 Å². The van der Waals surface area contributed by atoms with Crippen molar-refractivity contribution in [2.24, 2.45) is 5.92 Å². The first-order chi connectivity index (χ1) is 13.7. The van der Waals surface area contributed by atoms with Crippen LogP contribution in [0.2, 0.25) is 0 Å². The van der Waals surface area contributed by atoms with Gasteiger partial charge in [-0.2, -0.15) is 0 Å². The number of ketones is 1. The van der Waals surface area contributed by atoms with Gasteiger partial charge in [0.2, 0.25) is 6.79 Å². The molecule has 1 atom stereocenters. The van der Waals surface area contributed by atoms with Crippen molar-refractivity contribution in [1.29, 1.82) is 0 Å². The number of phenolic OH excluding ortho intramolecular Hbond substituents is 1. The van der Waals surface area contributed by atoms with Gasteiger partial charge in [0.05, 0.1) is 0 Å². The molecule has 0 bridgehead atoms. The zero-order chi connectivity index (χ0) is 19.1. The number of Topliss-reactive ketones (excluding diaryl/α,β-unsaturated/α-hetero) is 1. The number of anilines is 1. The van der Waals surface area contributed by atoms with E-state index in [2.05, 4.69) is 4.90 Å². The number of phenols is 1. The van der Waals surface area contributed by atoms with Crippen LogP contribution in [-0.2, 0) is 0 Å². The molecule has 2 heterocycles. The highest BCUT2D eigenvalue weighted by Crippen LogP contribution is 2.37. The molecule has 2 aliphatic rings. The van der Waals surface area contributed by atoms with Gasteiger partial charge in [0, 0.05) is 36.3 Å². The lowest BCUT2D eigenvalue weighted by Crippen LogP contribution is -2.38. The fraction of sp³-hybridized carbons (Fsp3) is 0.261. The molecule has 0 radical (unpaired) electrons. The third-order valence-corrected chi connectivity index (χ3v) is 5.62. The van der Waals surface area contributed by atoms with Gasteiger partial charge in [0.25, 0.3) is 0 Å². The first-order valence-electron chi connectivity index (χ1n) is 9.59. The number of hydrogen-bond donors (Lipinski definition) is 1. The molecule has 0 amide bonds. The summed E-state index contributed by atoms with van der Waals surface area (Å²) in [5, 5.41) is 11.5. The number of carbonyl (C=O) groups excluding carboxylic acids is 1. The van der Waals surface area contributed by atoms with E-state index in [9.17, 15) is 9.90 Å². The largest absolute Gasteiger partial charge is 0.508 e. The van der Waals surface area contributed by atoms with E-state index < -0.39 is 0 Å². The number of rotatable bonds is 3. The Morgan fingerprint density at radius 3 is 2.71 bits per heavy atom. The van der Waals surface area contributed by atoms with Gasteiger partial charge in [-0.3, -0.25) is 4.79 Å². The fourth-order valence-electron chi connectivity index (χ4n) is 4.13. The summed E-state index contributed by atoms with van der Waals surface area (Å²) in [6, 6.07) is 16.9. The van der Waals surface area contributed by atoms with Crippen LogP contribution in [0.25, 0.3) is 10.8 Å². The second-order valence-electron chi connectivity index (χ2n) is 7.43. The van der Waals surface area contributed by atoms with E-state index in [1.807, 2.05) is 42.5 Å². The lowest BCUT2D eigenvalue weighted by molar-refractivity contribution is 0.0907. The summed E-state index contributed by atoms with van der Waals surface area (Å²) in [5.74, 6) is 1.92. The molecule has 5 heteroatoms. The number of carbonyl (C=O) groups is 1. The standard InChI is InChI=1S/C23H21NO4/c25-20-7-5-15-10-17(4-3-16(15)11-20)23(26)18-2-1-9-24(13-18)19-6-8-21-22(12-19)28-14-27-21/h3-8,10-12,18,25H,1-2,9,13-14H2. The molecule has 0 aromatic heterocycles. The summed E-state index contributed by atoms with van der Waals surface area (Å²) >= 11 is 0. The lowest BCUT2D eigenvalue weighted by Gasteiger charge is -2.34. The van der Waals surface area contributed by atoms with E-state index in [0.717, 1.165) is 52.9 Å². The second kappa shape index (κ2) is 6.75. The Balaban J connectivity index is 1.37. The van der Waals surface area contributed by atoms with Gasteiger partial charge in [-0.1, -0.05) is 18.2 Å². The Bertz CT molecular complexity index is 1060. The molecule has 1 fully saturated rings. The van der Waals surface area contributed by atoms with Crippen LogP contribution in [0.15, 0.2) is 54.6 Å². The molecule has 28 heavy (non-hydrogen) atoms. The molecule has 2 aliphatic heterocycles. The first-order valence-corrected chi connectivity index (χ1v) is 9.59.